The second-order valence-corrected chi connectivity index (χ2v) is 4.80. The highest BCUT2D eigenvalue weighted by molar-refractivity contribution is 6.02. The van der Waals surface area contributed by atoms with Crippen LogP contribution in [0.2, 0.25) is 0 Å². The van der Waals surface area contributed by atoms with Crippen LogP contribution < -0.4 is 14.8 Å². The average Bonchev–Trinajstić information content (AvgIpc) is 2.53. The molecule has 4 nitrogen and oxygen atoms in total. The van der Waals surface area contributed by atoms with Gasteiger partial charge in [0.25, 0.3) is 0 Å². The lowest BCUT2D eigenvalue weighted by Gasteiger charge is -2.10. The minimum Gasteiger partial charge on any atom is -0.497 e. The van der Waals surface area contributed by atoms with Crippen molar-refractivity contribution in [2.75, 3.05) is 19.5 Å². The SMILES string of the molecule is COc1ccc(NC(=O)C=Cc2cccc(C)c2)c(OC)c1. The highest BCUT2D eigenvalue weighted by atomic mass is 16.5. The molecule has 0 aliphatic rings. The van der Waals surface area contributed by atoms with E-state index in [0.717, 1.165) is 11.1 Å². The molecule has 0 aromatic heterocycles. The molecule has 114 valence electrons. The van der Waals surface area contributed by atoms with Gasteiger partial charge in [0.05, 0.1) is 19.9 Å². The summed E-state index contributed by atoms with van der Waals surface area (Å²) in [5.74, 6) is 1.01. The fraction of sp³-hybridized carbons (Fsp3) is 0.167. The van der Waals surface area contributed by atoms with Crippen LogP contribution in [0, 0.1) is 6.92 Å². The van der Waals surface area contributed by atoms with Crippen LogP contribution in [0.4, 0.5) is 5.69 Å². The molecule has 0 atom stereocenters. The number of benzene rings is 2. The van der Waals surface area contributed by atoms with Crippen LogP contribution >= 0.6 is 0 Å². The van der Waals surface area contributed by atoms with E-state index in [1.165, 1.54) is 6.08 Å². The highest BCUT2D eigenvalue weighted by Gasteiger charge is 2.06. The van der Waals surface area contributed by atoms with E-state index in [9.17, 15) is 4.79 Å². The number of hydrogen-bond donors (Lipinski definition) is 1. The van der Waals surface area contributed by atoms with Crippen molar-refractivity contribution in [1.29, 1.82) is 0 Å². The van der Waals surface area contributed by atoms with Crippen molar-refractivity contribution in [3.8, 4) is 11.5 Å². The summed E-state index contributed by atoms with van der Waals surface area (Å²) < 4.78 is 10.4. The molecule has 0 fully saturated rings. The summed E-state index contributed by atoms with van der Waals surface area (Å²) in [5, 5.41) is 2.79. The summed E-state index contributed by atoms with van der Waals surface area (Å²) in [4.78, 5) is 12.0. The molecule has 0 radical (unpaired) electrons. The molecular formula is C18H19NO3. The Hall–Kier alpha value is -2.75. The molecule has 2 aromatic rings. The number of amides is 1. The lowest BCUT2D eigenvalue weighted by molar-refractivity contribution is -0.111. The van der Waals surface area contributed by atoms with Crippen LogP contribution in [-0.2, 0) is 4.79 Å². The number of methoxy groups -OCH3 is 2. The van der Waals surface area contributed by atoms with E-state index in [4.69, 9.17) is 9.47 Å². The predicted molar refractivity (Wildman–Crippen MR) is 88.4 cm³/mol. The molecule has 0 spiro atoms. The summed E-state index contributed by atoms with van der Waals surface area (Å²) in [6.07, 6.45) is 3.27. The van der Waals surface area contributed by atoms with Crippen LogP contribution in [0.5, 0.6) is 11.5 Å². The molecule has 0 unspecified atom stereocenters. The van der Waals surface area contributed by atoms with Crippen molar-refractivity contribution in [1.82, 2.24) is 0 Å². The van der Waals surface area contributed by atoms with Gasteiger partial charge in [-0.05, 0) is 30.7 Å². The second-order valence-electron chi connectivity index (χ2n) is 4.80. The van der Waals surface area contributed by atoms with Gasteiger partial charge in [0.1, 0.15) is 11.5 Å². The zero-order chi connectivity index (χ0) is 15.9. The number of carbonyl (C=O) groups excluding carboxylic acids is 1. The van der Waals surface area contributed by atoms with Crippen molar-refractivity contribution >= 4 is 17.7 Å². The Morgan fingerprint density at radius 3 is 2.59 bits per heavy atom. The zero-order valence-corrected chi connectivity index (χ0v) is 12.9. The molecular weight excluding hydrogens is 278 g/mol. The van der Waals surface area contributed by atoms with Gasteiger partial charge in [0, 0.05) is 12.1 Å². The quantitative estimate of drug-likeness (QED) is 0.857. The van der Waals surface area contributed by atoms with Gasteiger partial charge in [-0.15, -0.1) is 0 Å². The van der Waals surface area contributed by atoms with Crippen LogP contribution in [0.25, 0.3) is 6.08 Å². The van der Waals surface area contributed by atoms with Crippen LogP contribution in [0.1, 0.15) is 11.1 Å². The van der Waals surface area contributed by atoms with Gasteiger partial charge in [-0.3, -0.25) is 4.79 Å². The fourth-order valence-corrected chi connectivity index (χ4v) is 2.02. The third kappa shape index (κ3) is 4.12. The average molecular weight is 297 g/mol. The van der Waals surface area contributed by atoms with Crippen molar-refractivity contribution in [2.45, 2.75) is 6.92 Å². The maximum absolute atomic E-state index is 12.0. The molecule has 0 aliphatic heterocycles. The summed E-state index contributed by atoms with van der Waals surface area (Å²) in [6, 6.07) is 13.2. The molecule has 1 amide bonds. The van der Waals surface area contributed by atoms with Gasteiger partial charge in [0.15, 0.2) is 0 Å². The lowest BCUT2D eigenvalue weighted by atomic mass is 10.1. The first-order valence-corrected chi connectivity index (χ1v) is 6.90. The standard InChI is InChI=1S/C18H19NO3/c1-13-5-4-6-14(11-13)7-10-18(20)19-16-9-8-15(21-2)12-17(16)22-3/h4-12H,1-3H3,(H,19,20). The van der Waals surface area contributed by atoms with E-state index < -0.39 is 0 Å². The van der Waals surface area contributed by atoms with Gasteiger partial charge >= 0.3 is 0 Å². The Balaban J connectivity index is 2.09. The molecule has 0 heterocycles. The summed E-state index contributed by atoms with van der Waals surface area (Å²) in [7, 11) is 3.13. The maximum Gasteiger partial charge on any atom is 0.248 e. The van der Waals surface area contributed by atoms with Crippen LogP contribution in [0.3, 0.4) is 0 Å². The number of nitrogens with one attached hydrogen (secondary N) is 1. The van der Waals surface area contributed by atoms with Crippen molar-refractivity contribution < 1.29 is 14.3 Å². The smallest absolute Gasteiger partial charge is 0.248 e. The van der Waals surface area contributed by atoms with E-state index in [2.05, 4.69) is 5.32 Å². The van der Waals surface area contributed by atoms with Crippen molar-refractivity contribution in [3.05, 3.63) is 59.7 Å². The summed E-state index contributed by atoms with van der Waals surface area (Å²) >= 11 is 0. The Morgan fingerprint density at radius 2 is 1.91 bits per heavy atom. The lowest BCUT2D eigenvalue weighted by Crippen LogP contribution is -2.09. The molecule has 0 aliphatic carbocycles. The molecule has 1 N–H and O–H groups in total. The molecule has 2 rings (SSSR count). The topological polar surface area (TPSA) is 47.6 Å². The second kappa shape index (κ2) is 7.31. The molecule has 2 aromatic carbocycles. The monoisotopic (exact) mass is 297 g/mol. The summed E-state index contributed by atoms with van der Waals surface area (Å²) in [6.45, 7) is 2.01. The summed E-state index contributed by atoms with van der Waals surface area (Å²) in [5.41, 5.74) is 2.73. The van der Waals surface area contributed by atoms with E-state index in [0.29, 0.717) is 17.2 Å². The first-order valence-electron chi connectivity index (χ1n) is 6.90. The Kier molecular flexibility index (Phi) is 5.20. The molecule has 22 heavy (non-hydrogen) atoms. The molecule has 0 bridgehead atoms. The van der Waals surface area contributed by atoms with E-state index in [1.807, 2.05) is 31.2 Å². The minimum atomic E-state index is -0.218. The first-order chi connectivity index (χ1) is 10.6. The Labute approximate surface area is 130 Å². The third-order valence-corrected chi connectivity index (χ3v) is 3.14. The molecule has 0 saturated carbocycles. The van der Waals surface area contributed by atoms with E-state index in [-0.39, 0.29) is 5.91 Å². The fourth-order valence-electron chi connectivity index (χ4n) is 2.02. The molecule has 0 saturated heterocycles. The minimum absolute atomic E-state index is 0.218. The van der Waals surface area contributed by atoms with Gasteiger partial charge in [-0.1, -0.05) is 29.8 Å². The number of hydrogen-bond acceptors (Lipinski definition) is 3. The van der Waals surface area contributed by atoms with E-state index >= 15 is 0 Å². The van der Waals surface area contributed by atoms with Gasteiger partial charge in [-0.2, -0.15) is 0 Å². The first kappa shape index (κ1) is 15.6. The van der Waals surface area contributed by atoms with Gasteiger partial charge < -0.3 is 14.8 Å². The number of carbonyl (C=O) groups is 1. The zero-order valence-electron chi connectivity index (χ0n) is 12.9. The molecule has 4 heteroatoms. The number of aryl methyl sites for hydroxylation is 1. The Bertz CT molecular complexity index is 692. The maximum atomic E-state index is 12.0. The number of rotatable bonds is 5. The predicted octanol–water partition coefficient (Wildman–Crippen LogP) is 3.66. The van der Waals surface area contributed by atoms with Crippen molar-refractivity contribution in [2.24, 2.45) is 0 Å². The normalized spacial score (nSPS) is 10.5. The Morgan fingerprint density at radius 1 is 1.09 bits per heavy atom. The number of anilines is 1. The largest absolute Gasteiger partial charge is 0.497 e. The van der Waals surface area contributed by atoms with Gasteiger partial charge in [-0.25, -0.2) is 0 Å². The number of ether oxygens (including phenoxy) is 2. The third-order valence-electron chi connectivity index (χ3n) is 3.14. The van der Waals surface area contributed by atoms with Crippen LogP contribution in [0.15, 0.2) is 48.5 Å². The van der Waals surface area contributed by atoms with Crippen LogP contribution in [-0.4, -0.2) is 20.1 Å². The van der Waals surface area contributed by atoms with Crippen molar-refractivity contribution in [3.63, 3.8) is 0 Å². The van der Waals surface area contributed by atoms with Gasteiger partial charge in [0.2, 0.25) is 5.91 Å². The highest BCUT2D eigenvalue weighted by Crippen LogP contribution is 2.28. The van der Waals surface area contributed by atoms with E-state index in [1.54, 1.807) is 38.5 Å².